The van der Waals surface area contributed by atoms with Crippen molar-refractivity contribution in [3.63, 3.8) is 0 Å². The smallest absolute Gasteiger partial charge is 0.408 e. The Bertz CT molecular complexity index is 1420. The van der Waals surface area contributed by atoms with Crippen molar-refractivity contribution in [2.75, 3.05) is 30.9 Å². The Morgan fingerprint density at radius 1 is 0.977 bits per heavy atom. The summed E-state index contributed by atoms with van der Waals surface area (Å²) in [5.41, 5.74) is 1.69. The summed E-state index contributed by atoms with van der Waals surface area (Å²) in [6.45, 7) is 6.43. The number of hydrogen-bond donors (Lipinski definition) is 4. The zero-order chi connectivity index (χ0) is 32.1. The number of esters is 1. The molecule has 1 heterocycles. The Morgan fingerprint density at radius 2 is 1.73 bits per heavy atom. The van der Waals surface area contributed by atoms with Crippen LogP contribution in [-0.4, -0.2) is 61.1 Å². The standard InChI is InChI=1S/C30H37N5O9/c1-6-22(17-41-26(36)16-33-29(39)44-30(2,3)4)43-28(38)32-14-19-8-7-9-20(12-19)34-27(37)35-21-10-11-23(24(13-21)40-5)25-15-31-18-42-25/h7-13,15,18,22H,6,14,16-17H2,1-5H3,(H,32,38)(H,33,39)(H2,34,35,37)/t22-/m1/s1. The average molecular weight is 612 g/mol. The van der Waals surface area contributed by atoms with Crippen LogP contribution in [0.15, 0.2) is 59.5 Å². The number of carbonyl (C=O) groups excluding carboxylic acids is 4. The Kier molecular flexibility index (Phi) is 11.9. The monoisotopic (exact) mass is 611 g/mol. The van der Waals surface area contributed by atoms with Crippen LogP contribution in [0.2, 0.25) is 0 Å². The van der Waals surface area contributed by atoms with Gasteiger partial charge in [0.05, 0.1) is 18.9 Å². The van der Waals surface area contributed by atoms with E-state index in [-0.39, 0.29) is 19.7 Å². The summed E-state index contributed by atoms with van der Waals surface area (Å²) >= 11 is 0. The molecule has 0 aliphatic carbocycles. The molecule has 236 valence electrons. The first-order valence-electron chi connectivity index (χ1n) is 13.8. The highest BCUT2D eigenvalue weighted by Gasteiger charge is 2.19. The van der Waals surface area contributed by atoms with Gasteiger partial charge < -0.3 is 44.6 Å². The SMILES string of the molecule is CC[C@H](COC(=O)CNC(=O)OC(C)(C)C)OC(=O)NCc1cccc(NC(=O)Nc2ccc(-c3cnco3)c(OC)c2)c1. The predicted octanol–water partition coefficient (Wildman–Crippen LogP) is 5.07. The molecule has 0 spiro atoms. The summed E-state index contributed by atoms with van der Waals surface area (Å²) in [5.74, 6) is 0.331. The molecule has 14 heteroatoms. The van der Waals surface area contributed by atoms with E-state index in [1.54, 1.807) is 76.4 Å². The molecular formula is C30H37N5O9. The molecule has 0 unspecified atom stereocenters. The fraction of sp³-hybridized carbons (Fsp3) is 0.367. The zero-order valence-corrected chi connectivity index (χ0v) is 25.2. The molecule has 3 rings (SSSR count). The van der Waals surface area contributed by atoms with E-state index in [0.29, 0.717) is 40.4 Å². The number of carbonyl (C=O) groups is 4. The lowest BCUT2D eigenvalue weighted by molar-refractivity contribution is -0.145. The number of urea groups is 1. The molecule has 2 aromatic carbocycles. The number of nitrogens with zero attached hydrogens (tertiary/aromatic N) is 1. The molecule has 3 aromatic rings. The molecule has 0 saturated heterocycles. The molecule has 4 N–H and O–H groups in total. The molecule has 1 aromatic heterocycles. The summed E-state index contributed by atoms with van der Waals surface area (Å²) in [5, 5.41) is 10.4. The van der Waals surface area contributed by atoms with Crippen LogP contribution < -0.4 is 26.0 Å². The molecule has 1 atom stereocenters. The minimum atomic E-state index is -0.743. The lowest BCUT2D eigenvalue weighted by Gasteiger charge is -2.20. The third kappa shape index (κ3) is 11.2. The molecule has 0 saturated carbocycles. The van der Waals surface area contributed by atoms with E-state index < -0.39 is 35.9 Å². The van der Waals surface area contributed by atoms with Gasteiger partial charge in [-0.2, -0.15) is 0 Å². The molecule has 0 bridgehead atoms. The number of anilines is 2. The van der Waals surface area contributed by atoms with Gasteiger partial charge in [-0.1, -0.05) is 19.1 Å². The summed E-state index contributed by atoms with van der Waals surface area (Å²) in [4.78, 5) is 52.5. The summed E-state index contributed by atoms with van der Waals surface area (Å²) < 4.78 is 26.2. The van der Waals surface area contributed by atoms with E-state index in [9.17, 15) is 19.2 Å². The highest BCUT2D eigenvalue weighted by Crippen LogP contribution is 2.32. The van der Waals surface area contributed by atoms with Crippen molar-refractivity contribution < 1.29 is 42.5 Å². The van der Waals surface area contributed by atoms with Crippen LogP contribution in [0.4, 0.5) is 25.8 Å². The first-order chi connectivity index (χ1) is 21.0. The Labute approximate surface area is 254 Å². The molecule has 4 amide bonds. The van der Waals surface area contributed by atoms with Crippen molar-refractivity contribution in [2.24, 2.45) is 0 Å². The van der Waals surface area contributed by atoms with E-state index in [1.165, 1.54) is 13.5 Å². The molecular weight excluding hydrogens is 574 g/mol. The minimum absolute atomic E-state index is 0.117. The van der Waals surface area contributed by atoms with Crippen LogP contribution in [-0.2, 0) is 25.5 Å². The maximum Gasteiger partial charge on any atom is 0.408 e. The van der Waals surface area contributed by atoms with Gasteiger partial charge in [0, 0.05) is 24.0 Å². The second-order valence-corrected chi connectivity index (χ2v) is 10.4. The van der Waals surface area contributed by atoms with Crippen molar-refractivity contribution in [1.29, 1.82) is 0 Å². The van der Waals surface area contributed by atoms with Gasteiger partial charge in [0.1, 0.15) is 30.6 Å². The van der Waals surface area contributed by atoms with E-state index in [0.717, 1.165) is 0 Å². The third-order valence-corrected chi connectivity index (χ3v) is 5.71. The first-order valence-corrected chi connectivity index (χ1v) is 13.8. The molecule has 0 radical (unpaired) electrons. The van der Waals surface area contributed by atoms with Crippen molar-refractivity contribution >= 4 is 35.6 Å². The predicted molar refractivity (Wildman–Crippen MR) is 160 cm³/mol. The quantitative estimate of drug-likeness (QED) is 0.160. The average Bonchev–Trinajstić information content (AvgIpc) is 3.51. The van der Waals surface area contributed by atoms with Crippen molar-refractivity contribution in [2.45, 2.75) is 52.4 Å². The zero-order valence-electron chi connectivity index (χ0n) is 25.2. The van der Waals surface area contributed by atoms with Gasteiger partial charge in [0.15, 0.2) is 12.2 Å². The van der Waals surface area contributed by atoms with Crippen LogP contribution in [0.1, 0.15) is 39.7 Å². The van der Waals surface area contributed by atoms with Gasteiger partial charge in [-0.25, -0.2) is 19.4 Å². The lowest BCUT2D eigenvalue weighted by atomic mass is 10.1. The molecule has 14 nitrogen and oxygen atoms in total. The summed E-state index contributed by atoms with van der Waals surface area (Å²) in [6.07, 6.45) is 1.13. The molecule has 0 aliphatic rings. The van der Waals surface area contributed by atoms with Gasteiger partial charge in [0.2, 0.25) is 0 Å². The topological polar surface area (TPSA) is 179 Å². The Balaban J connectivity index is 1.43. The number of ether oxygens (including phenoxy) is 4. The fourth-order valence-electron chi connectivity index (χ4n) is 3.67. The van der Waals surface area contributed by atoms with Gasteiger partial charge in [0.25, 0.3) is 0 Å². The second kappa shape index (κ2) is 15.8. The second-order valence-electron chi connectivity index (χ2n) is 10.4. The number of aromatic nitrogens is 1. The number of alkyl carbamates (subject to hydrolysis) is 2. The fourth-order valence-corrected chi connectivity index (χ4v) is 3.67. The number of amides is 4. The number of hydrogen-bond acceptors (Lipinski definition) is 10. The van der Waals surface area contributed by atoms with Crippen LogP contribution >= 0.6 is 0 Å². The molecule has 0 aliphatic heterocycles. The van der Waals surface area contributed by atoms with Gasteiger partial charge >= 0.3 is 24.2 Å². The van der Waals surface area contributed by atoms with Crippen molar-refractivity contribution in [1.82, 2.24) is 15.6 Å². The largest absolute Gasteiger partial charge is 0.496 e. The minimum Gasteiger partial charge on any atom is -0.496 e. The number of oxazole rings is 1. The Hall–Kier alpha value is -5.27. The lowest BCUT2D eigenvalue weighted by Crippen LogP contribution is -2.37. The number of benzene rings is 2. The number of rotatable bonds is 12. The maximum atomic E-state index is 12.6. The summed E-state index contributed by atoms with van der Waals surface area (Å²) in [6, 6.07) is 11.5. The van der Waals surface area contributed by atoms with Crippen molar-refractivity contribution in [3.8, 4) is 17.1 Å². The molecule has 0 fully saturated rings. The van der Waals surface area contributed by atoms with Crippen LogP contribution in [0.5, 0.6) is 5.75 Å². The van der Waals surface area contributed by atoms with Gasteiger partial charge in [-0.15, -0.1) is 0 Å². The highest BCUT2D eigenvalue weighted by atomic mass is 16.6. The number of methoxy groups -OCH3 is 1. The van der Waals surface area contributed by atoms with E-state index in [2.05, 4.69) is 26.3 Å². The Morgan fingerprint density at radius 3 is 2.39 bits per heavy atom. The van der Waals surface area contributed by atoms with E-state index in [1.807, 2.05) is 0 Å². The van der Waals surface area contributed by atoms with Crippen LogP contribution in [0.25, 0.3) is 11.3 Å². The first kappa shape index (κ1) is 33.2. The third-order valence-electron chi connectivity index (χ3n) is 5.71. The normalized spacial score (nSPS) is 11.5. The molecule has 44 heavy (non-hydrogen) atoms. The number of nitrogens with one attached hydrogen (secondary N) is 4. The van der Waals surface area contributed by atoms with Gasteiger partial charge in [-0.05, 0) is 57.0 Å². The van der Waals surface area contributed by atoms with E-state index in [4.69, 9.17) is 23.4 Å². The van der Waals surface area contributed by atoms with Gasteiger partial charge in [-0.3, -0.25) is 4.79 Å². The van der Waals surface area contributed by atoms with E-state index >= 15 is 0 Å². The summed E-state index contributed by atoms with van der Waals surface area (Å²) in [7, 11) is 1.51. The van der Waals surface area contributed by atoms with Crippen molar-refractivity contribution in [3.05, 3.63) is 60.6 Å². The highest BCUT2D eigenvalue weighted by molar-refractivity contribution is 6.00. The maximum absolute atomic E-state index is 12.6. The van der Waals surface area contributed by atoms with Crippen LogP contribution in [0.3, 0.4) is 0 Å². The van der Waals surface area contributed by atoms with Crippen LogP contribution in [0, 0.1) is 0 Å².